The summed E-state index contributed by atoms with van der Waals surface area (Å²) in [6.07, 6.45) is 0.768. The molecule has 0 aliphatic heterocycles. The van der Waals surface area contributed by atoms with Gasteiger partial charge in [0.2, 0.25) is 0 Å². The highest BCUT2D eigenvalue weighted by Crippen LogP contribution is 2.31. The molecule has 0 aliphatic rings. The van der Waals surface area contributed by atoms with Gasteiger partial charge in [0.15, 0.2) is 11.5 Å². The van der Waals surface area contributed by atoms with Gasteiger partial charge in [0.25, 0.3) is 5.91 Å². The molecular weight excluding hydrogens is 306 g/mol. The first-order valence-electron chi connectivity index (χ1n) is 7.80. The van der Waals surface area contributed by atoms with E-state index in [9.17, 15) is 4.79 Å². The molecule has 0 fully saturated rings. The molecule has 1 unspecified atom stereocenters. The van der Waals surface area contributed by atoms with E-state index < -0.39 is 0 Å². The lowest BCUT2D eigenvalue weighted by atomic mass is 10.0. The number of nitrogens with one attached hydrogen (secondary N) is 1. The third-order valence-corrected chi connectivity index (χ3v) is 3.88. The van der Waals surface area contributed by atoms with Gasteiger partial charge in [0, 0.05) is 0 Å². The minimum Gasteiger partial charge on any atom is -0.497 e. The quantitative estimate of drug-likeness (QED) is 0.843. The largest absolute Gasteiger partial charge is 0.497 e. The first-order valence-corrected chi connectivity index (χ1v) is 7.80. The van der Waals surface area contributed by atoms with E-state index in [0.29, 0.717) is 17.1 Å². The van der Waals surface area contributed by atoms with Gasteiger partial charge in [-0.25, -0.2) is 0 Å². The molecule has 1 N–H and O–H groups in total. The van der Waals surface area contributed by atoms with Crippen LogP contribution in [-0.2, 0) is 0 Å². The molecule has 5 heteroatoms. The van der Waals surface area contributed by atoms with Crippen LogP contribution in [0.1, 0.15) is 35.3 Å². The molecule has 24 heavy (non-hydrogen) atoms. The lowest BCUT2D eigenvalue weighted by molar-refractivity contribution is 0.0932. The van der Waals surface area contributed by atoms with E-state index in [4.69, 9.17) is 14.2 Å². The fourth-order valence-electron chi connectivity index (χ4n) is 2.56. The fraction of sp³-hybridized carbons (Fsp3) is 0.316. The van der Waals surface area contributed by atoms with Gasteiger partial charge in [-0.15, -0.1) is 0 Å². The van der Waals surface area contributed by atoms with E-state index in [-0.39, 0.29) is 11.9 Å². The third kappa shape index (κ3) is 3.79. The number of methoxy groups -OCH3 is 3. The van der Waals surface area contributed by atoms with E-state index in [2.05, 4.69) is 5.32 Å². The number of carbonyl (C=O) groups is 1. The number of rotatable bonds is 7. The van der Waals surface area contributed by atoms with Crippen molar-refractivity contribution < 1.29 is 19.0 Å². The van der Waals surface area contributed by atoms with Crippen molar-refractivity contribution in [1.82, 2.24) is 5.32 Å². The second-order valence-corrected chi connectivity index (χ2v) is 5.25. The Bertz CT molecular complexity index is 682. The Balaban J connectivity index is 2.23. The van der Waals surface area contributed by atoms with Crippen molar-refractivity contribution in [3.05, 3.63) is 53.6 Å². The smallest absolute Gasteiger partial charge is 0.255 e. The van der Waals surface area contributed by atoms with Gasteiger partial charge in [-0.05, 0) is 36.2 Å². The Morgan fingerprint density at radius 3 is 2.25 bits per heavy atom. The average Bonchev–Trinajstić information content (AvgIpc) is 2.65. The lowest BCUT2D eigenvalue weighted by Gasteiger charge is -2.19. The summed E-state index contributed by atoms with van der Waals surface area (Å²) in [5, 5.41) is 3.05. The van der Waals surface area contributed by atoms with E-state index >= 15 is 0 Å². The van der Waals surface area contributed by atoms with Crippen LogP contribution in [0.4, 0.5) is 0 Å². The first kappa shape index (κ1) is 17.7. The monoisotopic (exact) mass is 329 g/mol. The summed E-state index contributed by atoms with van der Waals surface area (Å²) in [7, 11) is 4.70. The molecule has 0 aromatic heterocycles. The van der Waals surface area contributed by atoms with Crippen LogP contribution in [0.5, 0.6) is 17.2 Å². The van der Waals surface area contributed by atoms with Crippen molar-refractivity contribution in [3.8, 4) is 17.2 Å². The predicted molar refractivity (Wildman–Crippen MR) is 93.0 cm³/mol. The number of hydrogen-bond donors (Lipinski definition) is 1. The second-order valence-electron chi connectivity index (χ2n) is 5.25. The summed E-state index contributed by atoms with van der Waals surface area (Å²) in [6.45, 7) is 2.03. The average molecular weight is 329 g/mol. The van der Waals surface area contributed by atoms with Crippen LogP contribution in [0.15, 0.2) is 42.5 Å². The zero-order valence-electron chi connectivity index (χ0n) is 14.5. The summed E-state index contributed by atoms with van der Waals surface area (Å²) < 4.78 is 15.8. The van der Waals surface area contributed by atoms with E-state index in [1.54, 1.807) is 32.4 Å². The fourth-order valence-corrected chi connectivity index (χ4v) is 2.56. The molecule has 1 atom stereocenters. The molecule has 0 saturated heterocycles. The number of amides is 1. The second kappa shape index (κ2) is 8.24. The Hall–Kier alpha value is -2.69. The van der Waals surface area contributed by atoms with Gasteiger partial charge in [0.1, 0.15) is 5.75 Å². The van der Waals surface area contributed by atoms with Crippen LogP contribution < -0.4 is 19.5 Å². The van der Waals surface area contributed by atoms with Crippen LogP contribution in [0.2, 0.25) is 0 Å². The zero-order valence-corrected chi connectivity index (χ0v) is 14.5. The molecule has 0 saturated carbocycles. The summed E-state index contributed by atoms with van der Waals surface area (Å²) in [4.78, 5) is 12.7. The molecule has 5 nitrogen and oxygen atoms in total. The molecule has 0 bridgehead atoms. The lowest BCUT2D eigenvalue weighted by Crippen LogP contribution is -2.28. The summed E-state index contributed by atoms with van der Waals surface area (Å²) in [5.41, 5.74) is 1.47. The van der Waals surface area contributed by atoms with Crippen molar-refractivity contribution in [2.45, 2.75) is 19.4 Å². The molecule has 2 rings (SSSR count). The van der Waals surface area contributed by atoms with Gasteiger partial charge < -0.3 is 19.5 Å². The molecule has 2 aromatic carbocycles. The molecule has 0 spiro atoms. The minimum absolute atomic E-state index is 0.0979. The molecule has 0 heterocycles. The van der Waals surface area contributed by atoms with Crippen molar-refractivity contribution >= 4 is 5.91 Å². The Kier molecular flexibility index (Phi) is 6.07. The van der Waals surface area contributed by atoms with Crippen LogP contribution in [0, 0.1) is 0 Å². The molecule has 0 aliphatic carbocycles. The third-order valence-electron chi connectivity index (χ3n) is 3.88. The van der Waals surface area contributed by atoms with Crippen LogP contribution in [-0.4, -0.2) is 27.2 Å². The van der Waals surface area contributed by atoms with Crippen LogP contribution >= 0.6 is 0 Å². The van der Waals surface area contributed by atoms with Crippen LogP contribution in [0.25, 0.3) is 0 Å². The number of ether oxygens (including phenoxy) is 3. The van der Waals surface area contributed by atoms with Crippen molar-refractivity contribution in [2.75, 3.05) is 21.3 Å². The highest BCUT2D eigenvalue weighted by Gasteiger charge is 2.19. The first-order chi connectivity index (χ1) is 11.6. The van der Waals surface area contributed by atoms with Gasteiger partial charge in [-0.2, -0.15) is 0 Å². The highest BCUT2D eigenvalue weighted by molar-refractivity contribution is 5.98. The van der Waals surface area contributed by atoms with Crippen molar-refractivity contribution in [2.24, 2.45) is 0 Å². The summed E-state index contributed by atoms with van der Waals surface area (Å²) in [5.74, 6) is 1.55. The molecule has 0 radical (unpaired) electrons. The molecule has 1 amide bonds. The summed E-state index contributed by atoms with van der Waals surface area (Å²) >= 11 is 0. The Labute approximate surface area is 142 Å². The van der Waals surface area contributed by atoms with E-state index in [1.165, 1.54) is 7.11 Å². The predicted octanol–water partition coefficient (Wildman–Crippen LogP) is 3.59. The van der Waals surface area contributed by atoms with E-state index in [0.717, 1.165) is 17.7 Å². The van der Waals surface area contributed by atoms with Crippen molar-refractivity contribution in [3.63, 3.8) is 0 Å². The normalized spacial score (nSPS) is 11.5. The van der Waals surface area contributed by atoms with E-state index in [1.807, 2.05) is 31.2 Å². The van der Waals surface area contributed by atoms with Crippen LogP contribution in [0.3, 0.4) is 0 Å². The Morgan fingerprint density at radius 2 is 1.71 bits per heavy atom. The molecular formula is C19H23NO4. The number of para-hydroxylation sites is 1. The van der Waals surface area contributed by atoms with Gasteiger partial charge in [-0.3, -0.25) is 4.79 Å². The minimum atomic E-state index is -0.201. The Morgan fingerprint density at radius 1 is 1.00 bits per heavy atom. The summed E-state index contributed by atoms with van der Waals surface area (Å²) in [6, 6.07) is 12.8. The van der Waals surface area contributed by atoms with Gasteiger partial charge in [0.05, 0.1) is 32.9 Å². The number of hydrogen-bond acceptors (Lipinski definition) is 4. The topological polar surface area (TPSA) is 56.8 Å². The maximum Gasteiger partial charge on any atom is 0.255 e. The maximum atomic E-state index is 12.7. The van der Waals surface area contributed by atoms with Gasteiger partial charge in [-0.1, -0.05) is 25.1 Å². The number of carbonyl (C=O) groups excluding carboxylic acids is 1. The van der Waals surface area contributed by atoms with Gasteiger partial charge >= 0.3 is 0 Å². The highest BCUT2D eigenvalue weighted by atomic mass is 16.5. The number of benzene rings is 2. The molecule has 128 valence electrons. The standard InChI is InChI=1S/C19H23NO4/c1-5-16(13-9-11-14(22-2)12-10-13)20-19(21)15-7-6-8-17(23-3)18(15)24-4/h6-12,16H,5H2,1-4H3,(H,20,21). The molecule has 2 aromatic rings. The van der Waals surface area contributed by atoms with Crippen molar-refractivity contribution in [1.29, 1.82) is 0 Å². The SMILES string of the molecule is CCC(NC(=O)c1cccc(OC)c1OC)c1ccc(OC)cc1. The zero-order chi connectivity index (χ0) is 17.5. The maximum absolute atomic E-state index is 12.7.